The second-order valence-electron chi connectivity index (χ2n) is 6.51. The average molecular weight is 710 g/mol. The van der Waals surface area contributed by atoms with Gasteiger partial charge in [-0.3, -0.25) is 4.79 Å². The molecule has 0 saturated carbocycles. The van der Waals surface area contributed by atoms with Crippen LogP contribution in [0, 0.1) is 14.1 Å². The second-order valence-corrected chi connectivity index (χ2v) is 9.75. The lowest BCUT2D eigenvalue weighted by Crippen LogP contribution is -2.26. The van der Waals surface area contributed by atoms with Crippen molar-refractivity contribution in [3.8, 4) is 5.75 Å². The highest BCUT2D eigenvalue weighted by Gasteiger charge is 2.19. The van der Waals surface area contributed by atoms with E-state index in [2.05, 4.69) is 71.2 Å². The Labute approximate surface area is 214 Å². The molecule has 0 N–H and O–H groups in total. The van der Waals surface area contributed by atoms with Crippen molar-refractivity contribution in [2.45, 2.75) is 26.9 Å². The lowest BCUT2D eigenvalue weighted by Gasteiger charge is -2.16. The van der Waals surface area contributed by atoms with Crippen molar-refractivity contribution in [2.24, 2.45) is 5.10 Å². The van der Waals surface area contributed by atoms with E-state index in [0.717, 1.165) is 17.2 Å². The minimum Gasteiger partial charge on any atom is -0.477 e. The fourth-order valence-electron chi connectivity index (χ4n) is 2.77. The van der Waals surface area contributed by atoms with E-state index in [1.807, 2.05) is 18.2 Å². The number of halogens is 3. The summed E-state index contributed by atoms with van der Waals surface area (Å²) in [5.74, 6) is 0.679. The lowest BCUT2D eigenvalue weighted by molar-refractivity contribution is -0.150. The van der Waals surface area contributed by atoms with Crippen molar-refractivity contribution in [1.82, 2.24) is 9.66 Å². The third kappa shape index (κ3) is 5.64. The molecule has 7 nitrogen and oxygen atoms in total. The van der Waals surface area contributed by atoms with Gasteiger partial charge in [0.25, 0.3) is 5.56 Å². The third-order valence-corrected chi connectivity index (χ3v) is 6.32. The van der Waals surface area contributed by atoms with Crippen LogP contribution in [0.3, 0.4) is 0 Å². The molecule has 2 aromatic carbocycles. The van der Waals surface area contributed by atoms with Gasteiger partial charge in [-0.15, -0.1) is 0 Å². The van der Waals surface area contributed by atoms with Crippen molar-refractivity contribution in [2.75, 3.05) is 6.61 Å². The normalized spacial score (nSPS) is 12.3. The maximum Gasteiger partial charge on any atom is 0.347 e. The second kappa shape index (κ2) is 10.4. The smallest absolute Gasteiger partial charge is 0.347 e. The monoisotopic (exact) mass is 709 g/mol. The zero-order chi connectivity index (χ0) is 22.7. The topological polar surface area (TPSA) is 82.8 Å². The van der Waals surface area contributed by atoms with Crippen molar-refractivity contribution >= 4 is 84.2 Å². The van der Waals surface area contributed by atoms with Crippen molar-refractivity contribution in [3.05, 3.63) is 63.7 Å². The molecule has 0 aliphatic rings. The van der Waals surface area contributed by atoms with Gasteiger partial charge in [-0.25, -0.2) is 9.78 Å². The number of rotatable bonds is 6. The van der Waals surface area contributed by atoms with Gasteiger partial charge < -0.3 is 9.47 Å². The number of aryl methyl sites for hydroxylation is 1. The molecule has 1 aromatic heterocycles. The van der Waals surface area contributed by atoms with Gasteiger partial charge in [-0.2, -0.15) is 9.78 Å². The Bertz CT molecular complexity index is 1220. The summed E-state index contributed by atoms with van der Waals surface area (Å²) >= 11 is 7.67. The molecule has 1 atom stereocenters. The molecule has 0 fully saturated rings. The molecule has 10 heteroatoms. The molecule has 0 aliphatic heterocycles. The van der Waals surface area contributed by atoms with Gasteiger partial charge in [0.15, 0.2) is 6.10 Å². The van der Waals surface area contributed by atoms with Crippen LogP contribution in [0.2, 0.25) is 0 Å². The molecular formula is C21H18BrI2N3O4. The number of fused-ring (bicyclic) bond motifs is 1. The molecule has 0 radical (unpaired) electrons. The van der Waals surface area contributed by atoms with Gasteiger partial charge in [0, 0.05) is 4.47 Å². The number of esters is 1. The summed E-state index contributed by atoms with van der Waals surface area (Å²) < 4.78 is 14.5. The van der Waals surface area contributed by atoms with E-state index in [0.29, 0.717) is 29.1 Å². The number of carbonyl (C=O) groups is 1. The molecule has 1 heterocycles. The highest BCUT2D eigenvalue weighted by atomic mass is 127. The summed E-state index contributed by atoms with van der Waals surface area (Å²) in [7, 11) is 0. The Morgan fingerprint density at radius 3 is 2.61 bits per heavy atom. The maximum atomic E-state index is 12.9. The molecule has 0 unspecified atom stereocenters. The van der Waals surface area contributed by atoms with E-state index < -0.39 is 12.1 Å². The molecule has 3 rings (SSSR count). The quantitative estimate of drug-likeness (QED) is 0.207. The number of carbonyl (C=O) groups excluding carboxylic acids is 1. The highest BCUT2D eigenvalue weighted by Crippen LogP contribution is 2.29. The average Bonchev–Trinajstić information content (AvgIpc) is 2.71. The molecule has 0 aliphatic carbocycles. The van der Waals surface area contributed by atoms with Crippen LogP contribution in [0.5, 0.6) is 5.75 Å². The van der Waals surface area contributed by atoms with E-state index in [1.165, 1.54) is 4.68 Å². The van der Waals surface area contributed by atoms with Crippen LogP contribution in [0.15, 0.2) is 44.7 Å². The van der Waals surface area contributed by atoms with Crippen molar-refractivity contribution < 1.29 is 14.3 Å². The molecule has 31 heavy (non-hydrogen) atoms. The fourth-order valence-corrected chi connectivity index (χ4v) is 5.20. The summed E-state index contributed by atoms with van der Waals surface area (Å²) in [6, 6.07) is 9.11. The van der Waals surface area contributed by atoms with Crippen LogP contribution >= 0.6 is 61.1 Å². The van der Waals surface area contributed by atoms with E-state index in [1.54, 1.807) is 39.1 Å². The number of ether oxygens (including phenoxy) is 2. The number of hydrogen-bond acceptors (Lipinski definition) is 6. The van der Waals surface area contributed by atoms with Crippen LogP contribution in [0.25, 0.3) is 10.9 Å². The first-order valence-electron chi connectivity index (χ1n) is 9.26. The molecule has 0 spiro atoms. The number of benzene rings is 2. The maximum absolute atomic E-state index is 12.9. The first kappa shape index (κ1) is 24.1. The number of aromatic nitrogens is 2. The van der Waals surface area contributed by atoms with Gasteiger partial charge in [0.05, 0.1) is 30.9 Å². The Kier molecular flexibility index (Phi) is 8.08. The van der Waals surface area contributed by atoms with Crippen molar-refractivity contribution in [3.63, 3.8) is 0 Å². The van der Waals surface area contributed by atoms with Crippen LogP contribution < -0.4 is 10.3 Å². The summed E-state index contributed by atoms with van der Waals surface area (Å²) in [4.78, 5) is 29.2. The first-order chi connectivity index (χ1) is 14.7. The Morgan fingerprint density at radius 2 is 1.97 bits per heavy atom. The molecular weight excluding hydrogens is 692 g/mol. The molecule has 162 valence electrons. The molecule has 0 saturated heterocycles. The third-order valence-electron chi connectivity index (χ3n) is 4.23. The predicted octanol–water partition coefficient (Wildman–Crippen LogP) is 4.89. The van der Waals surface area contributed by atoms with E-state index in [9.17, 15) is 9.59 Å². The molecule has 0 amide bonds. The zero-order valence-electron chi connectivity index (χ0n) is 16.9. The lowest BCUT2D eigenvalue weighted by atomic mass is 10.2. The number of nitrogens with zero attached hydrogens (tertiary/aromatic N) is 3. The van der Waals surface area contributed by atoms with E-state index >= 15 is 0 Å². The minimum absolute atomic E-state index is 0.243. The Hall–Kier alpha value is -1.54. The Balaban J connectivity index is 1.92. The molecule has 0 bridgehead atoms. The van der Waals surface area contributed by atoms with Crippen LogP contribution in [0.1, 0.15) is 25.2 Å². The SMILES string of the molecule is CCOC(=O)[C@H](C)Oc1c(I)cc(C=Nn2c(C)nc3ccc(Br)cc3c2=O)cc1I. The van der Waals surface area contributed by atoms with Gasteiger partial charge in [0.1, 0.15) is 11.6 Å². The number of hydrogen-bond donors (Lipinski definition) is 0. The van der Waals surface area contributed by atoms with Crippen LogP contribution in [0.4, 0.5) is 0 Å². The van der Waals surface area contributed by atoms with E-state index in [-0.39, 0.29) is 5.56 Å². The Morgan fingerprint density at radius 1 is 1.29 bits per heavy atom. The van der Waals surface area contributed by atoms with Gasteiger partial charge in [0.2, 0.25) is 0 Å². The van der Waals surface area contributed by atoms with Gasteiger partial charge >= 0.3 is 5.97 Å². The van der Waals surface area contributed by atoms with E-state index in [4.69, 9.17) is 9.47 Å². The van der Waals surface area contributed by atoms with Crippen LogP contribution in [-0.4, -0.2) is 34.6 Å². The summed E-state index contributed by atoms with van der Waals surface area (Å²) in [5, 5.41) is 4.84. The van der Waals surface area contributed by atoms with Crippen molar-refractivity contribution in [1.29, 1.82) is 0 Å². The summed E-state index contributed by atoms with van der Waals surface area (Å²) in [6.45, 7) is 5.44. The summed E-state index contributed by atoms with van der Waals surface area (Å²) in [6.07, 6.45) is 0.883. The molecule has 3 aromatic rings. The highest BCUT2D eigenvalue weighted by molar-refractivity contribution is 14.1. The summed E-state index contributed by atoms with van der Waals surface area (Å²) in [5.41, 5.74) is 1.16. The van der Waals surface area contributed by atoms with Gasteiger partial charge in [-0.1, -0.05) is 15.9 Å². The van der Waals surface area contributed by atoms with Crippen LogP contribution in [-0.2, 0) is 9.53 Å². The standard InChI is InChI=1S/C21H18BrI2N3O4/c1-4-30-21(29)11(2)31-19-16(23)7-13(8-17(19)24)10-25-27-12(3)26-18-6-5-14(22)9-15(18)20(27)28/h5-11H,4H2,1-3H3/t11-/m0/s1. The predicted molar refractivity (Wildman–Crippen MR) is 140 cm³/mol. The van der Waals surface area contributed by atoms with Gasteiger partial charge in [-0.05, 0) is 102 Å². The first-order valence-corrected chi connectivity index (χ1v) is 12.2. The fraction of sp³-hybridized carbons (Fsp3) is 0.238. The largest absolute Gasteiger partial charge is 0.477 e. The minimum atomic E-state index is -0.717. The zero-order valence-corrected chi connectivity index (χ0v) is 22.8.